The Hall–Kier alpha value is -0.970. The average Bonchev–Trinajstić information content (AvgIpc) is 2.73. The number of H-pyrrole nitrogens is 1. The Morgan fingerprint density at radius 2 is 2.31 bits per heavy atom. The Morgan fingerprint density at radius 1 is 1.50 bits per heavy atom. The molecule has 1 amide bonds. The van der Waals surface area contributed by atoms with Gasteiger partial charge in [0.05, 0.1) is 0 Å². The number of nitrogens with one attached hydrogen (secondary N) is 2. The average molecular weight is 239 g/mol. The van der Waals surface area contributed by atoms with Gasteiger partial charge in [-0.2, -0.15) is 16.9 Å². The van der Waals surface area contributed by atoms with Crippen LogP contribution in [0.2, 0.25) is 0 Å². The van der Waals surface area contributed by atoms with Gasteiger partial charge in [-0.15, -0.1) is 0 Å². The second-order valence-corrected chi connectivity index (χ2v) is 4.97. The molecule has 1 heterocycles. The summed E-state index contributed by atoms with van der Waals surface area (Å²) >= 11 is 1.73. The van der Waals surface area contributed by atoms with Crippen LogP contribution in [0, 0.1) is 0 Å². The van der Waals surface area contributed by atoms with Crippen LogP contribution < -0.4 is 5.32 Å². The van der Waals surface area contributed by atoms with E-state index >= 15 is 0 Å². The number of amides is 1. The minimum absolute atomic E-state index is 0.0338. The van der Waals surface area contributed by atoms with Crippen LogP contribution >= 0.6 is 11.8 Å². The predicted molar refractivity (Wildman–Crippen MR) is 65.9 cm³/mol. The Morgan fingerprint density at radius 3 is 3.12 bits per heavy atom. The molecule has 5 heteroatoms. The van der Waals surface area contributed by atoms with E-state index in [1.165, 1.54) is 6.42 Å². The molecule has 0 aromatic carbocycles. The SMILES string of the molecule is CSCCNC(=O)c1n[nH]c2c1CCCC2. The van der Waals surface area contributed by atoms with Crippen LogP contribution in [0.4, 0.5) is 0 Å². The van der Waals surface area contributed by atoms with Crippen molar-refractivity contribution in [1.29, 1.82) is 0 Å². The number of carbonyl (C=O) groups excluding carboxylic acids is 1. The zero-order valence-electron chi connectivity index (χ0n) is 9.51. The topological polar surface area (TPSA) is 57.8 Å². The summed E-state index contributed by atoms with van der Waals surface area (Å²) in [4.78, 5) is 11.8. The molecule has 1 aromatic heterocycles. The van der Waals surface area contributed by atoms with Gasteiger partial charge in [0.15, 0.2) is 5.69 Å². The van der Waals surface area contributed by atoms with Gasteiger partial charge in [-0.25, -0.2) is 0 Å². The lowest BCUT2D eigenvalue weighted by molar-refractivity contribution is 0.0950. The number of thioether (sulfide) groups is 1. The van der Waals surface area contributed by atoms with Crippen LogP contribution in [0.3, 0.4) is 0 Å². The van der Waals surface area contributed by atoms with E-state index in [2.05, 4.69) is 15.5 Å². The highest BCUT2D eigenvalue weighted by atomic mass is 32.2. The first-order chi connectivity index (χ1) is 7.83. The number of aromatic amines is 1. The normalized spacial score (nSPS) is 14.6. The fraction of sp³-hybridized carbons (Fsp3) is 0.636. The third-order valence-corrected chi connectivity index (χ3v) is 3.48. The first-order valence-electron chi connectivity index (χ1n) is 5.66. The quantitative estimate of drug-likeness (QED) is 0.780. The molecule has 0 saturated heterocycles. The summed E-state index contributed by atoms with van der Waals surface area (Å²) in [5, 5.41) is 10.0. The summed E-state index contributed by atoms with van der Waals surface area (Å²) in [5.74, 6) is 0.909. The van der Waals surface area contributed by atoms with Gasteiger partial charge in [-0.05, 0) is 31.9 Å². The highest BCUT2D eigenvalue weighted by molar-refractivity contribution is 7.98. The summed E-state index contributed by atoms with van der Waals surface area (Å²) < 4.78 is 0. The standard InChI is InChI=1S/C11H17N3OS/c1-16-7-6-12-11(15)10-8-4-2-3-5-9(8)13-14-10/h2-7H2,1H3,(H,12,15)(H,13,14). The largest absolute Gasteiger partial charge is 0.350 e. The number of hydrogen-bond acceptors (Lipinski definition) is 3. The Bertz CT molecular complexity index is 375. The van der Waals surface area contributed by atoms with Crippen molar-refractivity contribution >= 4 is 17.7 Å². The van der Waals surface area contributed by atoms with E-state index in [9.17, 15) is 4.79 Å². The number of aryl methyl sites for hydroxylation is 1. The summed E-state index contributed by atoms with van der Waals surface area (Å²) in [6.07, 6.45) is 6.40. The summed E-state index contributed by atoms with van der Waals surface area (Å²) in [6.45, 7) is 0.710. The van der Waals surface area contributed by atoms with Crippen LogP contribution in [-0.2, 0) is 12.8 Å². The number of carbonyl (C=O) groups is 1. The fourth-order valence-electron chi connectivity index (χ4n) is 2.02. The molecule has 0 atom stereocenters. The van der Waals surface area contributed by atoms with Crippen molar-refractivity contribution in [2.75, 3.05) is 18.6 Å². The molecule has 1 aromatic rings. The molecule has 0 unspecified atom stereocenters. The van der Waals surface area contributed by atoms with E-state index in [1.54, 1.807) is 11.8 Å². The van der Waals surface area contributed by atoms with E-state index in [0.717, 1.165) is 36.3 Å². The Labute approximate surface area is 99.6 Å². The zero-order chi connectivity index (χ0) is 11.4. The number of rotatable bonds is 4. The summed E-state index contributed by atoms with van der Waals surface area (Å²) in [7, 11) is 0. The van der Waals surface area contributed by atoms with E-state index in [0.29, 0.717) is 12.2 Å². The molecule has 1 aliphatic carbocycles. The van der Waals surface area contributed by atoms with Crippen molar-refractivity contribution in [3.05, 3.63) is 17.0 Å². The molecule has 4 nitrogen and oxygen atoms in total. The molecule has 16 heavy (non-hydrogen) atoms. The van der Waals surface area contributed by atoms with Crippen LogP contribution in [0.15, 0.2) is 0 Å². The van der Waals surface area contributed by atoms with Gasteiger partial charge in [-0.1, -0.05) is 0 Å². The first kappa shape index (κ1) is 11.5. The molecule has 2 rings (SSSR count). The van der Waals surface area contributed by atoms with Crippen LogP contribution in [0.1, 0.15) is 34.6 Å². The lowest BCUT2D eigenvalue weighted by Gasteiger charge is -2.10. The van der Waals surface area contributed by atoms with Gasteiger partial charge in [0.2, 0.25) is 0 Å². The van der Waals surface area contributed by atoms with Gasteiger partial charge < -0.3 is 5.32 Å². The molecule has 0 fully saturated rings. The Kier molecular flexibility index (Phi) is 3.88. The lowest BCUT2D eigenvalue weighted by atomic mass is 9.96. The number of fused-ring (bicyclic) bond motifs is 1. The maximum atomic E-state index is 11.8. The van der Waals surface area contributed by atoms with Crippen LogP contribution in [0.25, 0.3) is 0 Å². The van der Waals surface area contributed by atoms with Crippen molar-refractivity contribution in [3.8, 4) is 0 Å². The van der Waals surface area contributed by atoms with Crippen molar-refractivity contribution in [1.82, 2.24) is 15.5 Å². The molecule has 2 N–H and O–H groups in total. The van der Waals surface area contributed by atoms with Crippen molar-refractivity contribution in [2.45, 2.75) is 25.7 Å². The minimum Gasteiger partial charge on any atom is -0.350 e. The number of nitrogens with zero attached hydrogens (tertiary/aromatic N) is 1. The number of hydrogen-bond donors (Lipinski definition) is 2. The maximum Gasteiger partial charge on any atom is 0.272 e. The first-order valence-corrected chi connectivity index (χ1v) is 7.05. The molecule has 0 bridgehead atoms. The second-order valence-electron chi connectivity index (χ2n) is 3.99. The maximum absolute atomic E-state index is 11.8. The lowest BCUT2D eigenvalue weighted by Crippen LogP contribution is -2.27. The van der Waals surface area contributed by atoms with Gasteiger partial charge in [0.1, 0.15) is 0 Å². The smallest absolute Gasteiger partial charge is 0.272 e. The zero-order valence-corrected chi connectivity index (χ0v) is 10.3. The van der Waals surface area contributed by atoms with Crippen molar-refractivity contribution in [3.63, 3.8) is 0 Å². The molecule has 88 valence electrons. The van der Waals surface area contributed by atoms with Crippen molar-refractivity contribution in [2.24, 2.45) is 0 Å². The monoisotopic (exact) mass is 239 g/mol. The fourth-order valence-corrected chi connectivity index (χ4v) is 2.33. The molecule has 0 aliphatic heterocycles. The Balaban J connectivity index is 2.03. The van der Waals surface area contributed by atoms with E-state index in [1.807, 2.05) is 6.26 Å². The van der Waals surface area contributed by atoms with Crippen molar-refractivity contribution < 1.29 is 4.79 Å². The molecule has 0 spiro atoms. The van der Waals surface area contributed by atoms with Crippen LogP contribution in [0.5, 0.6) is 0 Å². The molecular weight excluding hydrogens is 222 g/mol. The second kappa shape index (κ2) is 5.39. The number of aromatic nitrogens is 2. The highest BCUT2D eigenvalue weighted by Gasteiger charge is 2.20. The van der Waals surface area contributed by atoms with E-state index < -0.39 is 0 Å². The van der Waals surface area contributed by atoms with Gasteiger partial charge in [0, 0.05) is 23.6 Å². The van der Waals surface area contributed by atoms with Gasteiger partial charge >= 0.3 is 0 Å². The highest BCUT2D eigenvalue weighted by Crippen LogP contribution is 2.21. The summed E-state index contributed by atoms with van der Waals surface area (Å²) in [5.41, 5.74) is 2.89. The third kappa shape index (κ3) is 2.40. The molecule has 1 aliphatic rings. The van der Waals surface area contributed by atoms with E-state index in [-0.39, 0.29) is 5.91 Å². The van der Waals surface area contributed by atoms with E-state index in [4.69, 9.17) is 0 Å². The molecular formula is C11H17N3OS. The predicted octanol–water partition coefficient (Wildman–Crippen LogP) is 1.38. The van der Waals surface area contributed by atoms with Crippen LogP contribution in [-0.4, -0.2) is 34.7 Å². The molecule has 0 radical (unpaired) electrons. The summed E-state index contributed by atoms with van der Waals surface area (Å²) in [6, 6.07) is 0. The van der Waals surface area contributed by atoms with Gasteiger partial charge in [-0.3, -0.25) is 9.89 Å². The minimum atomic E-state index is -0.0338. The molecule has 0 saturated carbocycles. The van der Waals surface area contributed by atoms with Gasteiger partial charge in [0.25, 0.3) is 5.91 Å². The third-order valence-electron chi connectivity index (χ3n) is 2.86.